The average molecular weight is 636 g/mol. The smallest absolute Gasteiger partial charge is 0.319 e. The first-order valence-electron chi connectivity index (χ1n) is 15.4. The summed E-state index contributed by atoms with van der Waals surface area (Å²) in [6, 6.07) is 35.1. The van der Waals surface area contributed by atoms with E-state index in [1.165, 1.54) is 11.8 Å². The van der Waals surface area contributed by atoms with Crippen LogP contribution in [0.15, 0.2) is 119 Å². The molecule has 1 aliphatic rings. The van der Waals surface area contributed by atoms with Gasteiger partial charge in [0.2, 0.25) is 0 Å². The highest BCUT2D eigenvalue weighted by atomic mass is 32.2. The lowest BCUT2D eigenvalue weighted by Gasteiger charge is -2.41. The van der Waals surface area contributed by atoms with Gasteiger partial charge in [-0.2, -0.15) is 0 Å². The van der Waals surface area contributed by atoms with Crippen LogP contribution in [0.3, 0.4) is 0 Å². The summed E-state index contributed by atoms with van der Waals surface area (Å²) >= 11 is 1.52. The molecule has 1 saturated heterocycles. The molecule has 0 saturated carbocycles. The van der Waals surface area contributed by atoms with E-state index in [0.717, 1.165) is 39.3 Å². The van der Waals surface area contributed by atoms with Gasteiger partial charge in [0.05, 0.1) is 18.8 Å². The Morgan fingerprint density at radius 3 is 2.28 bits per heavy atom. The summed E-state index contributed by atoms with van der Waals surface area (Å²) in [5.74, 6) is 1.29. The summed E-state index contributed by atoms with van der Waals surface area (Å²) in [6.45, 7) is 4.50. The maximum atomic E-state index is 12.2. The maximum Gasteiger partial charge on any atom is 0.319 e. The Hall–Kier alpha value is -4.41. The minimum absolute atomic E-state index is 0.0162. The molecule has 4 unspecified atom stereocenters. The van der Waals surface area contributed by atoms with Gasteiger partial charge in [-0.15, -0.1) is 0 Å². The van der Waals surface area contributed by atoms with Crippen molar-refractivity contribution >= 4 is 23.5 Å². The van der Waals surface area contributed by atoms with Crippen LogP contribution < -0.4 is 10.6 Å². The van der Waals surface area contributed by atoms with Crippen molar-refractivity contribution in [2.24, 2.45) is 5.92 Å². The highest BCUT2D eigenvalue weighted by Crippen LogP contribution is 2.44. The van der Waals surface area contributed by atoms with E-state index in [4.69, 9.17) is 18.9 Å². The van der Waals surface area contributed by atoms with Crippen LogP contribution in [0.4, 0.5) is 10.5 Å². The van der Waals surface area contributed by atoms with Crippen LogP contribution in [0.2, 0.25) is 0 Å². The molecule has 6 rings (SSSR count). The van der Waals surface area contributed by atoms with E-state index in [1.807, 2.05) is 116 Å². The van der Waals surface area contributed by atoms with Gasteiger partial charge in [-0.05, 0) is 30.2 Å². The minimum atomic E-state index is -0.676. The first kappa shape index (κ1) is 31.6. The third kappa shape index (κ3) is 7.35. The number of carbonyl (C=O) groups excluding carboxylic acids is 1. The van der Waals surface area contributed by atoms with Crippen LogP contribution in [0.25, 0.3) is 22.6 Å². The van der Waals surface area contributed by atoms with Gasteiger partial charge in [0.1, 0.15) is 5.69 Å². The van der Waals surface area contributed by atoms with E-state index < -0.39 is 6.29 Å². The van der Waals surface area contributed by atoms with Gasteiger partial charge in [0, 0.05) is 40.6 Å². The topological polar surface area (TPSA) is 106 Å². The SMILES string of the molecule is CCNC(=O)Nc1cccc(C2OC(CSc3nc(-c4ccccc4)c(-c4ccccc4)o3)C(C)C(c3ccc(CO)cc3)O2)c1. The summed E-state index contributed by atoms with van der Waals surface area (Å²) in [7, 11) is 0. The van der Waals surface area contributed by atoms with Crippen molar-refractivity contribution in [3.8, 4) is 22.6 Å². The van der Waals surface area contributed by atoms with Gasteiger partial charge < -0.3 is 29.6 Å². The molecule has 1 aromatic heterocycles. The second-order valence-electron chi connectivity index (χ2n) is 11.1. The monoisotopic (exact) mass is 635 g/mol. The Morgan fingerprint density at radius 2 is 1.59 bits per heavy atom. The zero-order chi connectivity index (χ0) is 31.9. The molecule has 1 fully saturated rings. The number of oxazole rings is 1. The molecule has 4 atom stereocenters. The quantitative estimate of drug-likeness (QED) is 0.133. The molecule has 236 valence electrons. The largest absolute Gasteiger partial charge is 0.431 e. The first-order chi connectivity index (χ1) is 22.5. The summed E-state index contributed by atoms with van der Waals surface area (Å²) in [4.78, 5) is 17.1. The Balaban J connectivity index is 1.28. The number of aliphatic hydroxyl groups excluding tert-OH is 1. The van der Waals surface area contributed by atoms with Crippen molar-refractivity contribution in [1.82, 2.24) is 10.3 Å². The van der Waals surface area contributed by atoms with Gasteiger partial charge in [-0.3, -0.25) is 0 Å². The fraction of sp³-hybridized carbons (Fsp3) is 0.243. The fourth-order valence-electron chi connectivity index (χ4n) is 5.50. The molecule has 46 heavy (non-hydrogen) atoms. The number of ether oxygens (including phenoxy) is 2. The van der Waals surface area contributed by atoms with Crippen molar-refractivity contribution < 1.29 is 23.8 Å². The number of nitrogens with one attached hydrogen (secondary N) is 2. The lowest BCUT2D eigenvalue weighted by molar-refractivity contribution is -0.268. The number of hydrogen-bond acceptors (Lipinski definition) is 7. The number of carbonyl (C=O) groups is 1. The highest BCUT2D eigenvalue weighted by Gasteiger charge is 2.39. The number of amides is 2. The molecular formula is C37H37N3O5S. The van der Waals surface area contributed by atoms with Crippen LogP contribution in [0, 0.1) is 5.92 Å². The van der Waals surface area contributed by atoms with Crippen molar-refractivity contribution in [2.45, 2.75) is 44.2 Å². The number of aliphatic hydroxyl groups is 1. The van der Waals surface area contributed by atoms with Crippen molar-refractivity contribution in [2.75, 3.05) is 17.6 Å². The van der Waals surface area contributed by atoms with Crippen molar-refractivity contribution in [3.05, 3.63) is 126 Å². The van der Waals surface area contributed by atoms with Crippen molar-refractivity contribution in [1.29, 1.82) is 0 Å². The number of benzene rings is 4. The molecule has 5 aromatic rings. The zero-order valence-corrected chi connectivity index (χ0v) is 26.6. The number of anilines is 1. The van der Waals surface area contributed by atoms with E-state index >= 15 is 0 Å². The van der Waals surface area contributed by atoms with Crippen molar-refractivity contribution in [3.63, 3.8) is 0 Å². The lowest BCUT2D eigenvalue weighted by atomic mass is 9.91. The summed E-state index contributed by atoms with van der Waals surface area (Å²) < 4.78 is 19.6. The Kier molecular flexibility index (Phi) is 10.1. The lowest BCUT2D eigenvalue weighted by Crippen LogP contribution is -2.38. The molecule has 0 aliphatic carbocycles. The van der Waals surface area contributed by atoms with Crippen LogP contribution >= 0.6 is 11.8 Å². The molecule has 0 radical (unpaired) electrons. The standard InChI is InChI=1S/C37H37N3O5S/c1-3-38-36(42)39-30-16-10-15-29(21-30)35-43-31(24(2)33(44-35)28-19-17-25(22-41)18-20-28)23-46-37-40-32(26-11-6-4-7-12-26)34(45-37)27-13-8-5-9-14-27/h4-21,24,31,33,35,41H,3,22-23H2,1-2H3,(H2,38,39,42). The third-order valence-corrected chi connectivity index (χ3v) is 8.86. The molecule has 0 bridgehead atoms. The number of aromatic nitrogens is 1. The number of urea groups is 1. The second-order valence-corrected chi connectivity index (χ2v) is 12.1. The number of nitrogens with zero attached hydrogens (tertiary/aromatic N) is 1. The van der Waals surface area contributed by atoms with Gasteiger partial charge in [-0.25, -0.2) is 9.78 Å². The van der Waals surface area contributed by atoms with E-state index in [1.54, 1.807) is 0 Å². The fourth-order valence-corrected chi connectivity index (χ4v) is 6.49. The molecule has 1 aliphatic heterocycles. The van der Waals surface area contributed by atoms with Crippen LogP contribution in [-0.4, -0.2) is 34.5 Å². The predicted molar refractivity (Wildman–Crippen MR) is 180 cm³/mol. The van der Waals surface area contributed by atoms with Gasteiger partial charge >= 0.3 is 6.03 Å². The molecule has 3 N–H and O–H groups in total. The van der Waals surface area contributed by atoms with Crippen LogP contribution in [0.1, 0.15) is 42.9 Å². The summed E-state index contributed by atoms with van der Waals surface area (Å²) in [5, 5.41) is 15.8. The predicted octanol–water partition coefficient (Wildman–Crippen LogP) is 8.23. The van der Waals surface area contributed by atoms with Gasteiger partial charge in [0.15, 0.2) is 12.1 Å². The maximum absolute atomic E-state index is 12.2. The minimum Gasteiger partial charge on any atom is -0.431 e. The molecule has 9 heteroatoms. The first-order valence-corrected chi connectivity index (χ1v) is 16.4. The molecule has 0 spiro atoms. The molecular weight excluding hydrogens is 598 g/mol. The van der Waals surface area contributed by atoms with E-state index in [0.29, 0.717) is 23.2 Å². The normalized spacial score (nSPS) is 19.5. The number of hydrogen-bond donors (Lipinski definition) is 3. The Labute approximate surface area is 273 Å². The van der Waals surface area contributed by atoms with Gasteiger partial charge in [-0.1, -0.05) is 116 Å². The van der Waals surface area contributed by atoms with E-state index in [-0.39, 0.29) is 30.8 Å². The average Bonchev–Trinajstić information content (AvgIpc) is 3.53. The Morgan fingerprint density at radius 1 is 0.870 bits per heavy atom. The molecule has 4 aromatic carbocycles. The molecule has 2 amide bonds. The Bertz CT molecular complexity index is 1670. The third-order valence-electron chi connectivity index (χ3n) is 7.94. The van der Waals surface area contributed by atoms with Crippen LogP contribution in [0.5, 0.6) is 0 Å². The van der Waals surface area contributed by atoms with Crippen LogP contribution in [-0.2, 0) is 16.1 Å². The summed E-state index contributed by atoms with van der Waals surface area (Å²) in [6.07, 6.45) is -1.18. The van der Waals surface area contributed by atoms with E-state index in [9.17, 15) is 9.90 Å². The van der Waals surface area contributed by atoms with E-state index in [2.05, 4.69) is 17.6 Å². The molecule has 8 nitrogen and oxygen atoms in total. The van der Waals surface area contributed by atoms with Gasteiger partial charge in [0.25, 0.3) is 5.22 Å². The molecule has 2 heterocycles. The summed E-state index contributed by atoms with van der Waals surface area (Å²) in [5.41, 5.74) is 6.02. The second kappa shape index (κ2) is 14.8. The number of rotatable bonds is 10. The number of thioether (sulfide) groups is 1. The highest BCUT2D eigenvalue weighted by molar-refractivity contribution is 7.99. The zero-order valence-electron chi connectivity index (χ0n) is 25.8.